The van der Waals surface area contributed by atoms with Crippen LogP contribution in [0.3, 0.4) is 0 Å². The largest absolute Gasteiger partial charge is 0.507 e. The number of phenolic OH excluding ortho intramolecular Hbond substituents is 1. The molecule has 2 heterocycles. The molecule has 0 unspecified atom stereocenters. The van der Waals surface area contributed by atoms with E-state index in [0.29, 0.717) is 25.1 Å². The Morgan fingerprint density at radius 1 is 1.16 bits per heavy atom. The highest BCUT2D eigenvalue weighted by Crippen LogP contribution is 2.25. The molecular weight excluding hydrogens is 316 g/mol. The van der Waals surface area contributed by atoms with Gasteiger partial charge in [-0.3, -0.25) is 4.79 Å². The van der Waals surface area contributed by atoms with Crippen molar-refractivity contribution in [3.8, 4) is 5.75 Å². The number of rotatable bonds is 3. The van der Waals surface area contributed by atoms with Crippen molar-refractivity contribution >= 4 is 11.7 Å². The summed E-state index contributed by atoms with van der Waals surface area (Å²) in [6.07, 6.45) is 0.702. The Morgan fingerprint density at radius 2 is 1.88 bits per heavy atom. The molecule has 0 spiro atoms. The molecule has 0 atom stereocenters. The van der Waals surface area contributed by atoms with E-state index in [0.717, 1.165) is 36.0 Å². The fourth-order valence-electron chi connectivity index (χ4n) is 3.22. The predicted molar refractivity (Wildman–Crippen MR) is 97.1 cm³/mol. The van der Waals surface area contributed by atoms with Crippen molar-refractivity contribution in [2.45, 2.75) is 27.2 Å². The van der Waals surface area contributed by atoms with E-state index >= 15 is 0 Å². The summed E-state index contributed by atoms with van der Waals surface area (Å²) >= 11 is 0. The molecule has 1 aromatic carbocycles. The van der Waals surface area contributed by atoms with Gasteiger partial charge in [0.1, 0.15) is 17.4 Å². The second-order valence-electron chi connectivity index (χ2n) is 6.36. The number of carbonyl (C=O) groups is 1. The second kappa shape index (κ2) is 7.09. The highest BCUT2D eigenvalue weighted by atomic mass is 16.3. The molecule has 1 aliphatic heterocycles. The van der Waals surface area contributed by atoms with E-state index in [-0.39, 0.29) is 11.7 Å². The predicted octanol–water partition coefficient (Wildman–Crippen LogP) is 2.32. The first-order valence-electron chi connectivity index (χ1n) is 8.67. The van der Waals surface area contributed by atoms with Crippen molar-refractivity contribution < 1.29 is 9.90 Å². The normalized spacial score (nSPS) is 14.7. The summed E-state index contributed by atoms with van der Waals surface area (Å²) in [6.45, 7) is 8.47. The van der Waals surface area contributed by atoms with Crippen LogP contribution in [0.1, 0.15) is 34.4 Å². The molecule has 3 rings (SSSR count). The zero-order valence-electron chi connectivity index (χ0n) is 15.0. The average molecular weight is 340 g/mol. The summed E-state index contributed by atoms with van der Waals surface area (Å²) in [7, 11) is 0. The standard InChI is InChI=1S/C19H24N4O2/c1-4-15-6-5-7-16(18(15)24)19(25)23-10-8-22(9-11-23)17-12-13(2)20-14(3)21-17/h5-7,12,24H,4,8-11H2,1-3H3. The number of hydrogen-bond donors (Lipinski definition) is 1. The molecule has 6 heteroatoms. The third-order valence-corrected chi connectivity index (χ3v) is 4.57. The van der Waals surface area contributed by atoms with Gasteiger partial charge >= 0.3 is 0 Å². The molecule has 0 saturated carbocycles. The molecule has 0 radical (unpaired) electrons. The average Bonchev–Trinajstić information content (AvgIpc) is 2.61. The molecular formula is C19H24N4O2. The van der Waals surface area contributed by atoms with Gasteiger partial charge in [0, 0.05) is 37.9 Å². The monoisotopic (exact) mass is 340 g/mol. The Hall–Kier alpha value is -2.63. The molecule has 132 valence electrons. The van der Waals surface area contributed by atoms with Crippen LogP contribution in [0.4, 0.5) is 5.82 Å². The summed E-state index contributed by atoms with van der Waals surface area (Å²) in [4.78, 5) is 25.5. The summed E-state index contributed by atoms with van der Waals surface area (Å²) in [6, 6.07) is 7.35. The molecule has 2 aromatic rings. The smallest absolute Gasteiger partial charge is 0.257 e. The lowest BCUT2D eigenvalue weighted by atomic mass is 10.1. The number of anilines is 1. The maximum absolute atomic E-state index is 12.8. The SMILES string of the molecule is CCc1cccc(C(=O)N2CCN(c3cc(C)nc(C)n3)CC2)c1O. The summed E-state index contributed by atoms with van der Waals surface area (Å²) in [5.74, 6) is 1.67. The van der Waals surface area contributed by atoms with E-state index in [1.807, 2.05) is 39.0 Å². The molecule has 1 fully saturated rings. The van der Waals surface area contributed by atoms with Crippen molar-refractivity contribution in [2.75, 3.05) is 31.1 Å². The third kappa shape index (κ3) is 3.57. The van der Waals surface area contributed by atoms with Gasteiger partial charge in [-0.25, -0.2) is 9.97 Å². The number of aryl methyl sites for hydroxylation is 3. The number of benzene rings is 1. The van der Waals surface area contributed by atoms with E-state index < -0.39 is 0 Å². The molecule has 1 amide bonds. The molecule has 1 N–H and O–H groups in total. The Labute approximate surface area is 148 Å². The van der Waals surface area contributed by atoms with Crippen LogP contribution in [0.25, 0.3) is 0 Å². The zero-order valence-corrected chi connectivity index (χ0v) is 15.0. The van der Waals surface area contributed by atoms with Gasteiger partial charge in [-0.05, 0) is 31.9 Å². The van der Waals surface area contributed by atoms with E-state index in [4.69, 9.17) is 0 Å². The topological polar surface area (TPSA) is 69.6 Å². The fourth-order valence-corrected chi connectivity index (χ4v) is 3.22. The van der Waals surface area contributed by atoms with Crippen molar-refractivity contribution in [2.24, 2.45) is 0 Å². The van der Waals surface area contributed by atoms with E-state index in [9.17, 15) is 9.90 Å². The number of hydrogen-bond acceptors (Lipinski definition) is 5. The molecule has 1 aromatic heterocycles. The van der Waals surface area contributed by atoms with Crippen molar-refractivity contribution in [3.63, 3.8) is 0 Å². The zero-order chi connectivity index (χ0) is 18.0. The van der Waals surface area contributed by atoms with Crippen LogP contribution in [0, 0.1) is 13.8 Å². The van der Waals surface area contributed by atoms with Gasteiger partial charge in [0.2, 0.25) is 0 Å². The fraction of sp³-hybridized carbons (Fsp3) is 0.421. The Bertz CT molecular complexity index is 763. The van der Waals surface area contributed by atoms with E-state index in [2.05, 4.69) is 14.9 Å². The minimum Gasteiger partial charge on any atom is -0.507 e. The lowest BCUT2D eigenvalue weighted by molar-refractivity contribution is 0.0743. The molecule has 1 saturated heterocycles. The van der Waals surface area contributed by atoms with Gasteiger partial charge in [-0.2, -0.15) is 0 Å². The summed E-state index contributed by atoms with van der Waals surface area (Å²) < 4.78 is 0. The summed E-state index contributed by atoms with van der Waals surface area (Å²) in [5.41, 5.74) is 2.14. The molecule has 1 aliphatic rings. The minimum absolute atomic E-state index is 0.109. The van der Waals surface area contributed by atoms with Crippen LogP contribution in [0.5, 0.6) is 5.75 Å². The van der Waals surface area contributed by atoms with Gasteiger partial charge in [0.25, 0.3) is 5.91 Å². The Balaban J connectivity index is 1.71. The minimum atomic E-state index is -0.109. The molecule has 6 nitrogen and oxygen atoms in total. The first-order valence-corrected chi connectivity index (χ1v) is 8.67. The van der Waals surface area contributed by atoms with Crippen molar-refractivity contribution in [3.05, 3.63) is 46.9 Å². The molecule has 0 aliphatic carbocycles. The molecule has 0 bridgehead atoms. The van der Waals surface area contributed by atoms with Crippen LogP contribution < -0.4 is 4.90 Å². The van der Waals surface area contributed by atoms with Gasteiger partial charge in [0.15, 0.2) is 0 Å². The van der Waals surface area contributed by atoms with Crippen LogP contribution in [-0.2, 0) is 6.42 Å². The first-order chi connectivity index (χ1) is 12.0. The lowest BCUT2D eigenvalue weighted by Gasteiger charge is -2.35. The van der Waals surface area contributed by atoms with Crippen molar-refractivity contribution in [1.82, 2.24) is 14.9 Å². The van der Waals surface area contributed by atoms with Gasteiger partial charge in [-0.1, -0.05) is 19.1 Å². The number of nitrogens with zero attached hydrogens (tertiary/aromatic N) is 4. The van der Waals surface area contributed by atoms with Crippen LogP contribution in [0.15, 0.2) is 24.3 Å². The van der Waals surface area contributed by atoms with E-state index in [1.165, 1.54) is 0 Å². The maximum Gasteiger partial charge on any atom is 0.257 e. The lowest BCUT2D eigenvalue weighted by Crippen LogP contribution is -2.49. The third-order valence-electron chi connectivity index (χ3n) is 4.57. The highest BCUT2D eigenvalue weighted by Gasteiger charge is 2.25. The number of piperazine rings is 1. The molecule has 25 heavy (non-hydrogen) atoms. The summed E-state index contributed by atoms with van der Waals surface area (Å²) in [5, 5.41) is 10.3. The quantitative estimate of drug-likeness (QED) is 0.929. The van der Waals surface area contributed by atoms with Crippen LogP contribution in [-0.4, -0.2) is 52.1 Å². The number of aromatic hydroxyl groups is 1. The van der Waals surface area contributed by atoms with Gasteiger partial charge < -0.3 is 14.9 Å². The van der Waals surface area contributed by atoms with Crippen LogP contribution in [0.2, 0.25) is 0 Å². The van der Waals surface area contributed by atoms with Gasteiger partial charge in [0.05, 0.1) is 5.56 Å². The number of amides is 1. The van der Waals surface area contributed by atoms with Gasteiger partial charge in [-0.15, -0.1) is 0 Å². The Morgan fingerprint density at radius 3 is 2.52 bits per heavy atom. The maximum atomic E-state index is 12.8. The van der Waals surface area contributed by atoms with E-state index in [1.54, 1.807) is 11.0 Å². The Kier molecular flexibility index (Phi) is 4.88. The second-order valence-corrected chi connectivity index (χ2v) is 6.36. The number of aromatic nitrogens is 2. The van der Waals surface area contributed by atoms with Crippen molar-refractivity contribution in [1.29, 1.82) is 0 Å². The number of phenols is 1. The number of carbonyl (C=O) groups excluding carboxylic acids is 1. The highest BCUT2D eigenvalue weighted by molar-refractivity contribution is 5.97. The first kappa shape index (κ1) is 17.2. The number of para-hydroxylation sites is 1. The van der Waals surface area contributed by atoms with Crippen LogP contribution >= 0.6 is 0 Å².